The Kier molecular flexibility index (Phi) is 9.29. The maximum absolute atomic E-state index is 9.70. The lowest BCUT2D eigenvalue weighted by Crippen LogP contribution is -2.11. The van der Waals surface area contributed by atoms with Crippen LogP contribution in [0.3, 0.4) is 0 Å². The van der Waals surface area contributed by atoms with Gasteiger partial charge in [-0.2, -0.15) is 0 Å². The molecule has 1 aliphatic rings. The number of hydrogen-bond acceptors (Lipinski definition) is 2. The number of amides is 1. The van der Waals surface area contributed by atoms with Gasteiger partial charge in [-0.1, -0.05) is 19.3 Å². The molecule has 1 fully saturated rings. The Morgan fingerprint density at radius 2 is 1.56 bits per heavy atom. The number of carbonyl (C=O) groups excluding carboxylic acids is 1. The summed E-state index contributed by atoms with van der Waals surface area (Å²) in [5, 5.41) is 2.39. The Labute approximate surface area is 56.4 Å². The van der Waals surface area contributed by atoms with E-state index in [2.05, 4.69) is 5.32 Å². The Morgan fingerprint density at radius 3 is 1.56 bits per heavy atom. The van der Waals surface area contributed by atoms with Crippen LogP contribution in [0.2, 0.25) is 0 Å². The van der Waals surface area contributed by atoms with E-state index in [9.17, 15) is 4.79 Å². The summed E-state index contributed by atoms with van der Waals surface area (Å²) in [6, 6.07) is 0. The molecule has 0 atom stereocenters. The molecule has 0 bridgehead atoms. The minimum atomic E-state index is 0. The van der Waals surface area contributed by atoms with E-state index in [4.69, 9.17) is 0 Å². The summed E-state index contributed by atoms with van der Waals surface area (Å²) in [6.45, 7) is 1.47. The quantitative estimate of drug-likeness (QED) is 0.518. The predicted octanol–water partition coefficient (Wildman–Crippen LogP) is 1.08. The van der Waals surface area contributed by atoms with Crippen molar-refractivity contribution >= 4 is 5.91 Å². The van der Waals surface area contributed by atoms with Gasteiger partial charge in [-0.3, -0.25) is 4.79 Å². The normalized spacial score (nSPS) is 11.8. The summed E-state index contributed by atoms with van der Waals surface area (Å²) in [7, 11) is 1.60. The highest BCUT2D eigenvalue weighted by atomic mass is 16.1. The molecule has 0 aromatic rings. The van der Waals surface area contributed by atoms with Crippen LogP contribution in [0.5, 0.6) is 0 Å². The van der Waals surface area contributed by atoms with Gasteiger partial charge in [0.2, 0.25) is 5.91 Å². The van der Waals surface area contributed by atoms with Crippen molar-refractivity contribution in [3.05, 3.63) is 0 Å². The number of rotatable bonds is 0. The maximum Gasteiger partial charge on any atom is 0.216 e. The van der Waals surface area contributed by atoms with Gasteiger partial charge in [-0.05, 0) is 0 Å². The number of carbonyl (C=O) groups is 1. The lowest BCUT2D eigenvalue weighted by Gasteiger charge is -1.80. The largest absolute Gasteiger partial charge is 0.359 e. The zero-order valence-corrected chi connectivity index (χ0v) is 6.24. The molecule has 3 nitrogen and oxygen atoms in total. The molecule has 4 N–H and O–H groups in total. The van der Waals surface area contributed by atoms with Crippen LogP contribution < -0.4 is 11.5 Å². The van der Waals surface area contributed by atoms with Gasteiger partial charge < -0.3 is 11.5 Å². The molecule has 0 aliphatic heterocycles. The van der Waals surface area contributed by atoms with E-state index >= 15 is 0 Å². The molecule has 0 aromatic heterocycles. The molecule has 56 valence electrons. The van der Waals surface area contributed by atoms with Crippen LogP contribution in [0.4, 0.5) is 0 Å². The summed E-state index contributed by atoms with van der Waals surface area (Å²) >= 11 is 0. The lowest BCUT2D eigenvalue weighted by molar-refractivity contribution is -0.118. The number of hydrogen-bond donors (Lipinski definition) is 2. The summed E-state index contributed by atoms with van der Waals surface area (Å²) in [4.78, 5) is 9.70. The first kappa shape index (κ1) is 11.3. The van der Waals surface area contributed by atoms with E-state index in [0.717, 1.165) is 0 Å². The van der Waals surface area contributed by atoms with Gasteiger partial charge >= 0.3 is 0 Å². The standard InChI is InChI=1S/C3H7NO.C3H6.H3N/c1-3(5)4-2;1-2-3-1;/h1-2H3,(H,4,5);1-3H2;1H3. The molecule has 0 spiro atoms. The fraction of sp³-hybridized carbons (Fsp3) is 0.833. The molecule has 0 heterocycles. The minimum Gasteiger partial charge on any atom is -0.359 e. The van der Waals surface area contributed by atoms with E-state index in [1.54, 1.807) is 7.05 Å². The Bertz CT molecular complexity index is 68.7. The molecular weight excluding hydrogens is 116 g/mol. The van der Waals surface area contributed by atoms with Crippen molar-refractivity contribution in [2.24, 2.45) is 0 Å². The third-order valence-corrected chi connectivity index (χ3v) is 0.706. The van der Waals surface area contributed by atoms with E-state index in [-0.39, 0.29) is 12.1 Å². The summed E-state index contributed by atoms with van der Waals surface area (Å²) in [5.41, 5.74) is 0. The van der Waals surface area contributed by atoms with Crippen LogP contribution in [0.1, 0.15) is 26.2 Å². The third-order valence-electron chi connectivity index (χ3n) is 0.706. The number of nitrogens with one attached hydrogen (secondary N) is 1. The fourth-order valence-corrected chi connectivity index (χ4v) is 0. The van der Waals surface area contributed by atoms with Crippen molar-refractivity contribution < 1.29 is 4.79 Å². The highest BCUT2D eigenvalue weighted by Gasteiger charge is 1.95. The van der Waals surface area contributed by atoms with Crippen molar-refractivity contribution in [2.75, 3.05) is 7.05 Å². The molecule has 1 aliphatic carbocycles. The average Bonchev–Trinajstić information content (AvgIpc) is 2.48. The molecule has 1 rings (SSSR count). The van der Waals surface area contributed by atoms with Crippen LogP contribution >= 0.6 is 0 Å². The van der Waals surface area contributed by atoms with Gasteiger partial charge in [0.15, 0.2) is 0 Å². The Morgan fingerprint density at radius 1 is 1.33 bits per heavy atom. The Hall–Kier alpha value is -0.570. The highest BCUT2D eigenvalue weighted by molar-refractivity contribution is 5.72. The molecule has 0 unspecified atom stereocenters. The van der Waals surface area contributed by atoms with Crippen molar-refractivity contribution in [3.63, 3.8) is 0 Å². The third kappa shape index (κ3) is 37.1. The molecule has 3 heteroatoms. The summed E-state index contributed by atoms with van der Waals surface area (Å²) < 4.78 is 0. The van der Waals surface area contributed by atoms with Gasteiger partial charge in [-0.15, -0.1) is 0 Å². The van der Waals surface area contributed by atoms with Gasteiger partial charge in [0, 0.05) is 14.0 Å². The average molecular weight is 132 g/mol. The van der Waals surface area contributed by atoms with E-state index in [1.165, 1.54) is 26.2 Å². The van der Waals surface area contributed by atoms with E-state index < -0.39 is 0 Å². The molecule has 0 radical (unpaired) electrons. The molecule has 1 saturated carbocycles. The van der Waals surface area contributed by atoms with E-state index in [1.807, 2.05) is 0 Å². The monoisotopic (exact) mass is 132 g/mol. The predicted molar refractivity (Wildman–Crippen MR) is 38.6 cm³/mol. The second-order valence-corrected chi connectivity index (χ2v) is 1.87. The van der Waals surface area contributed by atoms with Crippen molar-refractivity contribution in [3.8, 4) is 0 Å². The highest BCUT2D eigenvalue weighted by Crippen LogP contribution is 2.14. The van der Waals surface area contributed by atoms with Gasteiger partial charge in [0.1, 0.15) is 0 Å². The van der Waals surface area contributed by atoms with Crippen molar-refractivity contribution in [2.45, 2.75) is 26.2 Å². The van der Waals surface area contributed by atoms with Crippen LogP contribution in [0, 0.1) is 0 Å². The second-order valence-electron chi connectivity index (χ2n) is 1.87. The van der Waals surface area contributed by atoms with Crippen LogP contribution in [-0.4, -0.2) is 13.0 Å². The summed E-state index contributed by atoms with van der Waals surface area (Å²) in [5.74, 6) is 0.00463. The first-order valence-corrected chi connectivity index (χ1v) is 2.95. The van der Waals surface area contributed by atoms with Crippen LogP contribution in [0.15, 0.2) is 0 Å². The second kappa shape index (κ2) is 7.43. The SMILES string of the molecule is C1CC1.CNC(C)=O.N. The molecule has 0 aromatic carbocycles. The topological polar surface area (TPSA) is 64.1 Å². The Balaban J connectivity index is 0. The first-order chi connectivity index (χ1) is 3.77. The molecule has 1 amide bonds. The zero-order chi connectivity index (χ0) is 6.41. The van der Waals surface area contributed by atoms with Crippen LogP contribution in [-0.2, 0) is 4.79 Å². The van der Waals surface area contributed by atoms with Crippen molar-refractivity contribution in [1.29, 1.82) is 0 Å². The van der Waals surface area contributed by atoms with Gasteiger partial charge in [0.25, 0.3) is 0 Å². The fourth-order valence-electron chi connectivity index (χ4n) is 0. The lowest BCUT2D eigenvalue weighted by atomic mass is 10.7. The van der Waals surface area contributed by atoms with Crippen LogP contribution in [0.25, 0.3) is 0 Å². The first-order valence-electron chi connectivity index (χ1n) is 2.95. The maximum atomic E-state index is 9.70. The van der Waals surface area contributed by atoms with Gasteiger partial charge in [0.05, 0.1) is 0 Å². The smallest absolute Gasteiger partial charge is 0.216 e. The zero-order valence-electron chi connectivity index (χ0n) is 6.24. The molecule has 0 saturated heterocycles. The molecular formula is C6H16N2O. The van der Waals surface area contributed by atoms with Gasteiger partial charge in [-0.25, -0.2) is 0 Å². The summed E-state index contributed by atoms with van der Waals surface area (Å²) in [6.07, 6.45) is 4.50. The van der Waals surface area contributed by atoms with E-state index in [0.29, 0.717) is 0 Å². The minimum absolute atomic E-state index is 0. The van der Waals surface area contributed by atoms with Crippen molar-refractivity contribution in [1.82, 2.24) is 11.5 Å². The molecule has 9 heavy (non-hydrogen) atoms.